The molecular weight excluding hydrogens is 463 g/mol. The van der Waals surface area contributed by atoms with E-state index in [1.807, 2.05) is 0 Å². The van der Waals surface area contributed by atoms with Crippen LogP contribution in [0.25, 0.3) is 16.6 Å². The normalized spacial score (nSPS) is 11.3. The van der Waals surface area contributed by atoms with Crippen molar-refractivity contribution in [2.45, 2.75) is 6.54 Å². The van der Waals surface area contributed by atoms with Crippen molar-refractivity contribution in [1.82, 2.24) is 24.3 Å². The number of halogens is 3. The highest BCUT2D eigenvalue weighted by atomic mass is 19.1. The topological polar surface area (TPSA) is 101 Å². The van der Waals surface area contributed by atoms with Gasteiger partial charge in [0.2, 0.25) is 5.78 Å². The number of carbonyl (C=O) groups excluding carboxylic acids is 2. The van der Waals surface area contributed by atoms with Gasteiger partial charge >= 0.3 is 0 Å². The summed E-state index contributed by atoms with van der Waals surface area (Å²) in [5, 5.41) is 2.71. The number of imidazole rings is 1. The van der Waals surface area contributed by atoms with Crippen LogP contribution in [-0.4, -0.2) is 37.7 Å². The minimum atomic E-state index is -1.33. The van der Waals surface area contributed by atoms with E-state index in [1.165, 1.54) is 30.1 Å². The molecule has 0 atom stereocenters. The number of hydrogen-bond donors (Lipinski definition) is 2. The van der Waals surface area contributed by atoms with Gasteiger partial charge in [-0.2, -0.15) is 0 Å². The molecule has 0 aliphatic rings. The van der Waals surface area contributed by atoms with E-state index < -0.39 is 34.4 Å². The minimum absolute atomic E-state index is 0.0597. The third-order valence-electron chi connectivity index (χ3n) is 5.62. The van der Waals surface area contributed by atoms with E-state index in [0.717, 1.165) is 0 Å². The number of aromatic amines is 1. The fraction of sp³-hybridized carbons (Fsp3) is 0.0833. The fourth-order valence-electron chi connectivity index (χ4n) is 3.94. The maximum Gasteiger partial charge on any atom is 0.275 e. The van der Waals surface area contributed by atoms with Crippen molar-refractivity contribution in [3.8, 4) is 0 Å². The number of ketones is 1. The van der Waals surface area contributed by atoms with Crippen molar-refractivity contribution in [3.63, 3.8) is 0 Å². The van der Waals surface area contributed by atoms with Crippen molar-refractivity contribution in [2.24, 2.45) is 0 Å². The average Bonchev–Trinajstić information content (AvgIpc) is 3.43. The summed E-state index contributed by atoms with van der Waals surface area (Å²) >= 11 is 0. The molecule has 5 rings (SSSR count). The van der Waals surface area contributed by atoms with Crippen molar-refractivity contribution in [3.05, 3.63) is 105 Å². The lowest BCUT2D eigenvalue weighted by molar-refractivity contribution is 0.0961. The van der Waals surface area contributed by atoms with Gasteiger partial charge in [0.1, 0.15) is 28.6 Å². The highest BCUT2D eigenvalue weighted by Crippen LogP contribution is 2.23. The molecule has 0 radical (unpaired) electrons. The van der Waals surface area contributed by atoms with Gasteiger partial charge in [0.15, 0.2) is 0 Å². The van der Waals surface area contributed by atoms with Gasteiger partial charge in [-0.15, -0.1) is 0 Å². The first-order valence-electron chi connectivity index (χ1n) is 10.4. The predicted octanol–water partition coefficient (Wildman–Crippen LogP) is 3.03. The second-order valence-corrected chi connectivity index (χ2v) is 7.81. The summed E-state index contributed by atoms with van der Waals surface area (Å²) in [6.07, 6.45) is 5.92. The first kappa shape index (κ1) is 22.1. The Morgan fingerprint density at radius 3 is 2.54 bits per heavy atom. The van der Waals surface area contributed by atoms with E-state index in [4.69, 9.17) is 0 Å². The summed E-state index contributed by atoms with van der Waals surface area (Å²) in [5.74, 6) is -5.07. The number of nitrogens with zero attached hydrogens (tertiary/aromatic N) is 3. The van der Waals surface area contributed by atoms with Crippen LogP contribution < -0.4 is 10.9 Å². The number of nitrogens with one attached hydrogen (secondary N) is 2. The minimum Gasteiger partial charge on any atom is -0.356 e. The summed E-state index contributed by atoms with van der Waals surface area (Å²) in [6.45, 7) is 0.0925. The maximum atomic E-state index is 14.1. The van der Waals surface area contributed by atoms with Crippen molar-refractivity contribution < 1.29 is 22.8 Å². The smallest absolute Gasteiger partial charge is 0.275 e. The van der Waals surface area contributed by atoms with Crippen LogP contribution in [0.5, 0.6) is 0 Å². The second kappa shape index (κ2) is 8.28. The van der Waals surface area contributed by atoms with E-state index in [-0.39, 0.29) is 28.9 Å². The number of H-pyrrole nitrogens is 1. The van der Waals surface area contributed by atoms with Gasteiger partial charge in [0.25, 0.3) is 11.5 Å². The average molecular weight is 479 g/mol. The summed E-state index contributed by atoms with van der Waals surface area (Å²) < 4.78 is 44.5. The molecule has 2 N–H and O–H groups in total. The van der Waals surface area contributed by atoms with Gasteiger partial charge < -0.3 is 19.3 Å². The van der Waals surface area contributed by atoms with Crippen LogP contribution in [-0.2, 0) is 6.54 Å². The van der Waals surface area contributed by atoms with Crippen LogP contribution in [0.2, 0.25) is 0 Å². The zero-order valence-electron chi connectivity index (χ0n) is 18.1. The second-order valence-electron chi connectivity index (χ2n) is 7.81. The maximum absolute atomic E-state index is 14.1. The molecule has 1 aromatic carbocycles. The molecule has 0 saturated heterocycles. The molecule has 0 saturated carbocycles. The van der Waals surface area contributed by atoms with Gasteiger partial charge in [-0.1, -0.05) is 0 Å². The third-order valence-corrected chi connectivity index (χ3v) is 5.62. The number of pyridine rings is 2. The van der Waals surface area contributed by atoms with Gasteiger partial charge in [0.05, 0.1) is 23.4 Å². The molecule has 8 nitrogen and oxygen atoms in total. The molecule has 0 spiro atoms. The number of aromatic nitrogens is 4. The Balaban J connectivity index is 1.49. The lowest BCUT2D eigenvalue weighted by Gasteiger charge is -2.05. The summed E-state index contributed by atoms with van der Waals surface area (Å²) in [6, 6.07) is 5.62. The Morgan fingerprint density at radius 2 is 1.83 bits per heavy atom. The highest BCUT2D eigenvalue weighted by Gasteiger charge is 2.24. The highest BCUT2D eigenvalue weighted by molar-refractivity contribution is 6.16. The van der Waals surface area contributed by atoms with E-state index in [1.54, 1.807) is 28.9 Å². The van der Waals surface area contributed by atoms with Crippen LogP contribution in [0.15, 0.2) is 59.9 Å². The van der Waals surface area contributed by atoms with Crippen LogP contribution in [0.4, 0.5) is 13.2 Å². The van der Waals surface area contributed by atoms with E-state index in [0.29, 0.717) is 29.0 Å². The molecule has 0 aliphatic heterocycles. The molecule has 0 unspecified atom stereocenters. The van der Waals surface area contributed by atoms with Crippen LogP contribution in [0.1, 0.15) is 32.0 Å². The molecule has 0 bridgehead atoms. The fourth-order valence-corrected chi connectivity index (χ4v) is 3.94. The van der Waals surface area contributed by atoms with Crippen LogP contribution >= 0.6 is 0 Å². The van der Waals surface area contributed by atoms with Gasteiger partial charge in [-0.25, -0.2) is 18.2 Å². The van der Waals surface area contributed by atoms with Gasteiger partial charge in [0, 0.05) is 54.9 Å². The first-order valence-corrected chi connectivity index (χ1v) is 10.4. The molecule has 4 aromatic heterocycles. The van der Waals surface area contributed by atoms with Crippen molar-refractivity contribution >= 4 is 28.2 Å². The number of benzene rings is 1. The molecular formula is C24H16F3N5O3. The number of rotatable bonds is 5. The molecule has 0 fully saturated rings. The number of carbonyl (C=O) groups is 2. The summed E-state index contributed by atoms with van der Waals surface area (Å²) in [5.41, 5.74) is 0.117. The zero-order chi connectivity index (χ0) is 24.9. The SMILES string of the molecule is CNC(=O)c1ccc2nc(Cn3ccc4c(C(=O)c5c(F)cc(F)cc5F)c[nH]c4c3=O)cn2c1. The summed E-state index contributed by atoms with van der Waals surface area (Å²) in [4.78, 5) is 44.8. The van der Waals surface area contributed by atoms with Crippen LogP contribution in [0, 0.1) is 17.5 Å². The van der Waals surface area contributed by atoms with Gasteiger partial charge in [-0.05, 0) is 18.2 Å². The Bertz CT molecular complexity index is 1690. The predicted molar refractivity (Wildman–Crippen MR) is 120 cm³/mol. The Labute approximate surface area is 194 Å². The van der Waals surface area contributed by atoms with E-state index in [9.17, 15) is 27.6 Å². The largest absolute Gasteiger partial charge is 0.356 e. The molecule has 1 amide bonds. The lowest BCUT2D eigenvalue weighted by atomic mass is 10.0. The monoisotopic (exact) mass is 479 g/mol. The lowest BCUT2D eigenvalue weighted by Crippen LogP contribution is -2.20. The van der Waals surface area contributed by atoms with E-state index >= 15 is 0 Å². The molecule has 35 heavy (non-hydrogen) atoms. The standard InChI is InChI=1S/C24H16F3N5O3/c1-28-23(34)12-2-3-19-30-14(11-32(19)9-12)10-31-5-4-15-16(8-29-21(15)24(31)35)22(33)20-17(26)6-13(25)7-18(20)27/h2-9,11,29H,10H2,1H3,(H,28,34). The number of hydrogen-bond acceptors (Lipinski definition) is 4. The molecule has 0 aliphatic carbocycles. The van der Waals surface area contributed by atoms with E-state index in [2.05, 4.69) is 15.3 Å². The Hall–Kier alpha value is -4.67. The first-order chi connectivity index (χ1) is 16.8. The number of fused-ring (bicyclic) bond motifs is 2. The zero-order valence-corrected chi connectivity index (χ0v) is 18.1. The Kier molecular flexibility index (Phi) is 5.24. The van der Waals surface area contributed by atoms with Crippen molar-refractivity contribution in [2.75, 3.05) is 7.05 Å². The van der Waals surface area contributed by atoms with Crippen LogP contribution in [0.3, 0.4) is 0 Å². The third kappa shape index (κ3) is 3.76. The molecule has 176 valence electrons. The quantitative estimate of drug-likeness (QED) is 0.379. The number of amides is 1. The summed E-state index contributed by atoms with van der Waals surface area (Å²) in [7, 11) is 1.53. The molecule has 5 aromatic rings. The Morgan fingerprint density at radius 1 is 1.09 bits per heavy atom. The molecule has 11 heteroatoms. The van der Waals surface area contributed by atoms with Crippen molar-refractivity contribution in [1.29, 1.82) is 0 Å². The van der Waals surface area contributed by atoms with Gasteiger partial charge in [-0.3, -0.25) is 14.4 Å². The molecule has 4 heterocycles.